The van der Waals surface area contributed by atoms with Gasteiger partial charge in [-0.3, -0.25) is 28.5 Å². The van der Waals surface area contributed by atoms with Gasteiger partial charge in [0.1, 0.15) is 17.3 Å². The second-order valence-corrected chi connectivity index (χ2v) is 11.4. The molecule has 1 N–H and O–H groups in total. The van der Waals surface area contributed by atoms with Gasteiger partial charge < -0.3 is 10.0 Å². The van der Waals surface area contributed by atoms with E-state index in [1.54, 1.807) is 24.1 Å². The lowest BCUT2D eigenvalue weighted by Crippen LogP contribution is -2.52. The van der Waals surface area contributed by atoms with Crippen molar-refractivity contribution in [3.63, 3.8) is 0 Å². The summed E-state index contributed by atoms with van der Waals surface area (Å²) in [7, 11) is 0. The molecule has 0 bridgehead atoms. The lowest BCUT2D eigenvalue weighted by atomic mass is 9.92. The number of fused-ring (bicyclic) bond motifs is 1. The molecule has 1 aliphatic rings. The minimum absolute atomic E-state index is 0.0209. The minimum Gasteiger partial charge on any atom is -0.507 e. The van der Waals surface area contributed by atoms with E-state index in [4.69, 9.17) is 0 Å². The van der Waals surface area contributed by atoms with Crippen molar-refractivity contribution in [1.82, 2.24) is 24.0 Å². The molecule has 0 unspecified atom stereocenters. The van der Waals surface area contributed by atoms with Crippen LogP contribution in [-0.2, 0) is 4.79 Å². The number of hydrogen-bond donors (Lipinski definition) is 1. The van der Waals surface area contributed by atoms with Gasteiger partial charge in [0, 0.05) is 30.4 Å². The van der Waals surface area contributed by atoms with Crippen LogP contribution in [0.1, 0.15) is 63.8 Å². The van der Waals surface area contributed by atoms with E-state index in [0.29, 0.717) is 29.8 Å². The summed E-state index contributed by atoms with van der Waals surface area (Å²) in [4.78, 5) is 51.2. The zero-order valence-electron chi connectivity index (χ0n) is 24.6. The number of likely N-dealkylation sites (tertiary alicyclic amines) is 1. The molecule has 0 saturated carbocycles. The number of aryl methyl sites for hydroxylation is 1. The molecule has 9 nitrogen and oxygen atoms in total. The van der Waals surface area contributed by atoms with E-state index in [1.807, 2.05) is 27.7 Å². The first-order valence-electron chi connectivity index (χ1n) is 14.1. The summed E-state index contributed by atoms with van der Waals surface area (Å²) in [6.07, 6.45) is 3.45. The summed E-state index contributed by atoms with van der Waals surface area (Å²) in [5.74, 6) is -2.84. The summed E-state index contributed by atoms with van der Waals surface area (Å²) in [6.45, 7) is 12.8. The van der Waals surface area contributed by atoms with Crippen LogP contribution in [0.25, 0.3) is 28.1 Å². The molecule has 4 aromatic rings. The van der Waals surface area contributed by atoms with Crippen molar-refractivity contribution in [2.75, 3.05) is 0 Å². The van der Waals surface area contributed by atoms with Gasteiger partial charge >= 0.3 is 11.1 Å². The Morgan fingerprint density at radius 2 is 1.77 bits per heavy atom. The third-order valence-electron chi connectivity index (χ3n) is 8.14. The van der Waals surface area contributed by atoms with E-state index in [0.717, 1.165) is 16.7 Å². The molecular weight excluding hydrogens is 556 g/mol. The molecule has 1 fully saturated rings. The molecule has 1 aliphatic heterocycles. The highest BCUT2D eigenvalue weighted by Crippen LogP contribution is 2.37. The third-order valence-corrected chi connectivity index (χ3v) is 8.14. The van der Waals surface area contributed by atoms with Crippen LogP contribution in [0.15, 0.2) is 58.8 Å². The standard InChI is InChI=1S/C32H33F2N5O4/c1-7-25(41)37-18(5)13-20(14-19(37)6)38-23-15-22(34)28(26-21(33)9-8-10-24(26)40)36-30(23)39(32(43)31(38)42)29-17(4)11-12-35-27(29)16(2)3/h7-12,15-16,18-20,40H,1,13-14H2,2-6H3/t18-,19-/m0/s1. The zero-order valence-corrected chi connectivity index (χ0v) is 24.6. The Balaban J connectivity index is 1.89. The number of halogens is 2. The number of carbonyl (C=O) groups is 1. The predicted molar refractivity (Wildman–Crippen MR) is 159 cm³/mol. The molecule has 43 heavy (non-hydrogen) atoms. The molecule has 4 heterocycles. The minimum atomic E-state index is -0.987. The zero-order chi connectivity index (χ0) is 31.3. The van der Waals surface area contributed by atoms with Crippen molar-refractivity contribution in [2.45, 2.75) is 71.5 Å². The maximum atomic E-state index is 15.9. The number of hydrogen-bond acceptors (Lipinski definition) is 6. The molecular formula is C32H33F2N5O4. The smallest absolute Gasteiger partial charge is 0.322 e. The van der Waals surface area contributed by atoms with Gasteiger partial charge in [0.05, 0.1) is 22.5 Å². The monoisotopic (exact) mass is 589 g/mol. The fraction of sp³-hybridized carbons (Fsp3) is 0.344. The van der Waals surface area contributed by atoms with Gasteiger partial charge in [-0.2, -0.15) is 0 Å². The van der Waals surface area contributed by atoms with Gasteiger partial charge in [-0.25, -0.2) is 13.8 Å². The van der Waals surface area contributed by atoms with Gasteiger partial charge in [0.2, 0.25) is 5.91 Å². The predicted octanol–water partition coefficient (Wildman–Crippen LogP) is 5.15. The van der Waals surface area contributed by atoms with Crippen molar-refractivity contribution < 1.29 is 18.7 Å². The Bertz CT molecular complexity index is 1870. The molecule has 3 aromatic heterocycles. The number of benzene rings is 1. The molecule has 0 aliphatic carbocycles. The first-order valence-corrected chi connectivity index (χ1v) is 14.1. The van der Waals surface area contributed by atoms with Crippen molar-refractivity contribution in [2.24, 2.45) is 0 Å². The van der Waals surface area contributed by atoms with Crippen LogP contribution in [0.3, 0.4) is 0 Å². The maximum Gasteiger partial charge on any atom is 0.322 e. The summed E-state index contributed by atoms with van der Waals surface area (Å²) in [5.41, 5.74) is -1.41. The molecule has 1 saturated heterocycles. The second-order valence-electron chi connectivity index (χ2n) is 11.4. The topological polar surface area (TPSA) is 110 Å². The number of aromatic nitrogens is 4. The highest BCUT2D eigenvalue weighted by molar-refractivity contribution is 5.87. The Morgan fingerprint density at radius 1 is 1.09 bits per heavy atom. The van der Waals surface area contributed by atoms with Gasteiger partial charge in [-0.1, -0.05) is 26.5 Å². The largest absolute Gasteiger partial charge is 0.507 e. The van der Waals surface area contributed by atoms with Crippen LogP contribution in [0.4, 0.5) is 8.78 Å². The first-order chi connectivity index (χ1) is 20.4. The van der Waals surface area contributed by atoms with Crippen LogP contribution in [-0.4, -0.2) is 47.1 Å². The summed E-state index contributed by atoms with van der Waals surface area (Å²) in [5, 5.41) is 10.5. The second kappa shape index (κ2) is 11.2. The van der Waals surface area contributed by atoms with Crippen LogP contribution >= 0.6 is 0 Å². The quantitative estimate of drug-likeness (QED) is 0.255. The normalized spacial score (nSPS) is 18.8. The number of phenolic OH excluding ortho intramolecular Hbond substituents is 1. The number of carbonyl (C=O) groups excluding carboxylic acids is 1. The van der Waals surface area contributed by atoms with E-state index in [9.17, 15) is 23.9 Å². The fourth-order valence-electron chi connectivity index (χ4n) is 6.29. The maximum absolute atomic E-state index is 15.9. The van der Waals surface area contributed by atoms with Crippen molar-refractivity contribution in [3.8, 4) is 22.7 Å². The van der Waals surface area contributed by atoms with Crippen molar-refractivity contribution >= 4 is 17.1 Å². The van der Waals surface area contributed by atoms with Crippen molar-refractivity contribution in [3.05, 3.63) is 92.8 Å². The highest BCUT2D eigenvalue weighted by Gasteiger charge is 2.36. The van der Waals surface area contributed by atoms with E-state index in [2.05, 4.69) is 16.5 Å². The average Bonchev–Trinajstić information content (AvgIpc) is 2.94. The Hall–Kier alpha value is -4.67. The number of pyridine rings is 2. The van der Waals surface area contributed by atoms with Gasteiger partial charge in [0.15, 0.2) is 11.5 Å². The Morgan fingerprint density at radius 3 is 2.37 bits per heavy atom. The molecule has 11 heteroatoms. The van der Waals surface area contributed by atoms with Gasteiger partial charge in [-0.05, 0) is 69.4 Å². The molecule has 5 rings (SSSR count). The number of aromatic hydroxyl groups is 1. The number of piperidine rings is 1. The third kappa shape index (κ3) is 4.92. The molecule has 2 atom stereocenters. The number of amides is 1. The van der Waals surface area contributed by atoms with Gasteiger partial charge in [-0.15, -0.1) is 0 Å². The molecule has 0 spiro atoms. The van der Waals surface area contributed by atoms with Crippen LogP contribution < -0.4 is 11.1 Å². The molecule has 0 radical (unpaired) electrons. The molecule has 224 valence electrons. The Labute approximate surface area is 246 Å². The van der Waals surface area contributed by atoms with Crippen LogP contribution in [0.2, 0.25) is 0 Å². The van der Waals surface area contributed by atoms with Crippen LogP contribution in [0.5, 0.6) is 5.75 Å². The van der Waals surface area contributed by atoms with Gasteiger partial charge in [0.25, 0.3) is 0 Å². The number of phenols is 1. The lowest BCUT2D eigenvalue weighted by Gasteiger charge is -2.43. The number of nitrogens with zero attached hydrogens (tertiary/aromatic N) is 5. The summed E-state index contributed by atoms with van der Waals surface area (Å²) >= 11 is 0. The Kier molecular flexibility index (Phi) is 7.76. The van der Waals surface area contributed by atoms with Crippen LogP contribution in [0, 0.1) is 18.6 Å². The summed E-state index contributed by atoms with van der Waals surface area (Å²) < 4.78 is 33.2. The molecule has 1 aromatic carbocycles. The first kappa shape index (κ1) is 29.8. The van der Waals surface area contributed by atoms with E-state index in [1.165, 1.54) is 22.8 Å². The molecule has 1 amide bonds. The SMILES string of the molecule is C=CC(=O)N1[C@@H](C)CC(n2c(=O)c(=O)n(-c3c(C)ccnc3C(C)C)c3nc(-c4c(O)cccc4F)c(F)cc32)C[C@@H]1C. The summed E-state index contributed by atoms with van der Waals surface area (Å²) in [6, 6.07) is 5.09. The van der Waals surface area contributed by atoms with E-state index in [-0.39, 0.29) is 35.1 Å². The fourth-order valence-corrected chi connectivity index (χ4v) is 6.29. The van der Waals surface area contributed by atoms with Crippen molar-refractivity contribution in [1.29, 1.82) is 0 Å². The van der Waals surface area contributed by atoms with E-state index >= 15 is 4.39 Å². The average molecular weight is 590 g/mol. The number of rotatable bonds is 5. The lowest BCUT2D eigenvalue weighted by molar-refractivity contribution is -0.132. The van der Waals surface area contributed by atoms with E-state index < -0.39 is 45.8 Å². The highest BCUT2D eigenvalue weighted by atomic mass is 19.1.